The van der Waals surface area contributed by atoms with Crippen molar-refractivity contribution < 1.29 is 34.8 Å². The van der Waals surface area contributed by atoms with Crippen LogP contribution in [0, 0.1) is 0 Å². The zero-order chi connectivity index (χ0) is 23.0. The maximum absolute atomic E-state index is 13.0. The quantitative estimate of drug-likeness (QED) is 0.617. The zero-order valence-electron chi connectivity index (χ0n) is 16.3. The Labute approximate surface area is 178 Å². The third kappa shape index (κ3) is 4.46. The van der Waals surface area contributed by atoms with Crippen LogP contribution < -0.4 is 4.90 Å². The van der Waals surface area contributed by atoms with Gasteiger partial charge in [0.15, 0.2) is 5.78 Å². The van der Waals surface area contributed by atoms with E-state index in [1.54, 1.807) is 0 Å². The molecule has 0 aliphatic carbocycles. The van der Waals surface area contributed by atoms with E-state index in [0.29, 0.717) is 5.56 Å². The molecule has 1 aliphatic heterocycles. The molecule has 0 amide bonds. The minimum atomic E-state index is -5.55. The number of sulfonamides is 1. The van der Waals surface area contributed by atoms with Crippen molar-refractivity contribution in [2.45, 2.75) is 22.2 Å². The van der Waals surface area contributed by atoms with Crippen molar-refractivity contribution in [1.82, 2.24) is 4.31 Å². The molecule has 168 valence electrons. The number of benzene rings is 2. The number of carbonyl (C=O) groups excluding carboxylic acids is 1. The van der Waals surface area contributed by atoms with E-state index in [1.807, 2.05) is 0 Å². The molecular weight excluding hydrogens is 457 g/mol. The first kappa shape index (κ1) is 23.2. The number of hydrogen-bond acceptors (Lipinski definition) is 6. The Bertz CT molecular complexity index is 1190. The molecule has 1 saturated heterocycles. The second-order valence-corrected chi connectivity index (χ2v) is 10.7. The van der Waals surface area contributed by atoms with Crippen LogP contribution in [0.5, 0.6) is 0 Å². The summed E-state index contributed by atoms with van der Waals surface area (Å²) in [5.41, 5.74) is -5.20. The molecule has 0 spiro atoms. The largest absolute Gasteiger partial charge is 0.501 e. The van der Waals surface area contributed by atoms with E-state index in [0.717, 1.165) is 6.07 Å². The summed E-state index contributed by atoms with van der Waals surface area (Å²) in [7, 11) is -9.43. The number of anilines is 1. The summed E-state index contributed by atoms with van der Waals surface area (Å²) in [6.45, 7) is 1.29. The Balaban J connectivity index is 1.81. The maximum Gasteiger partial charge on any atom is 0.501 e. The molecule has 1 fully saturated rings. The van der Waals surface area contributed by atoms with Crippen LogP contribution in [0.4, 0.5) is 18.9 Å². The second-order valence-electron chi connectivity index (χ2n) is 6.89. The lowest BCUT2D eigenvalue weighted by atomic mass is 10.2. The van der Waals surface area contributed by atoms with Crippen LogP contribution in [0.3, 0.4) is 0 Å². The minimum Gasteiger partial charge on any atom is -0.368 e. The van der Waals surface area contributed by atoms with Gasteiger partial charge in [-0.05, 0) is 31.2 Å². The highest BCUT2D eigenvalue weighted by atomic mass is 32.2. The molecule has 7 nitrogen and oxygen atoms in total. The first-order chi connectivity index (χ1) is 14.4. The van der Waals surface area contributed by atoms with Crippen LogP contribution >= 0.6 is 0 Å². The normalized spacial score (nSPS) is 16.3. The Morgan fingerprint density at radius 3 is 1.94 bits per heavy atom. The Hall–Kier alpha value is -2.44. The predicted octanol–water partition coefficient (Wildman–Crippen LogP) is 2.69. The number of para-hydroxylation sites is 1. The van der Waals surface area contributed by atoms with Crippen molar-refractivity contribution in [3.63, 3.8) is 0 Å². The van der Waals surface area contributed by atoms with Crippen LogP contribution in [-0.4, -0.2) is 58.6 Å². The van der Waals surface area contributed by atoms with Gasteiger partial charge in [-0.2, -0.15) is 17.5 Å². The predicted molar refractivity (Wildman–Crippen MR) is 107 cm³/mol. The molecule has 0 radical (unpaired) electrons. The molecular formula is C19H19F3N2O5S2. The summed E-state index contributed by atoms with van der Waals surface area (Å²) < 4.78 is 89.8. The number of hydrogen-bond donors (Lipinski definition) is 0. The number of piperazine rings is 1. The van der Waals surface area contributed by atoms with Gasteiger partial charge in [0.05, 0.1) is 15.5 Å². The third-order valence-electron chi connectivity index (χ3n) is 4.94. The lowest BCUT2D eigenvalue weighted by Gasteiger charge is -2.36. The van der Waals surface area contributed by atoms with E-state index in [4.69, 9.17) is 0 Å². The number of nitrogens with zero attached hydrogens (tertiary/aromatic N) is 2. The van der Waals surface area contributed by atoms with Gasteiger partial charge in [0, 0.05) is 31.7 Å². The lowest BCUT2D eigenvalue weighted by Crippen LogP contribution is -2.49. The maximum atomic E-state index is 13.0. The summed E-state index contributed by atoms with van der Waals surface area (Å²) in [6.07, 6.45) is 0. The van der Waals surface area contributed by atoms with Crippen molar-refractivity contribution in [2.24, 2.45) is 0 Å². The Morgan fingerprint density at radius 2 is 1.42 bits per heavy atom. The molecule has 2 aromatic carbocycles. The van der Waals surface area contributed by atoms with Crippen molar-refractivity contribution in [3.8, 4) is 0 Å². The highest BCUT2D eigenvalue weighted by molar-refractivity contribution is 7.92. The average molecular weight is 476 g/mol. The van der Waals surface area contributed by atoms with E-state index in [2.05, 4.69) is 0 Å². The smallest absolute Gasteiger partial charge is 0.368 e. The minimum absolute atomic E-state index is 0.00833. The molecule has 1 aliphatic rings. The first-order valence-corrected chi connectivity index (χ1v) is 12.0. The van der Waals surface area contributed by atoms with Gasteiger partial charge in [-0.25, -0.2) is 16.8 Å². The zero-order valence-corrected chi connectivity index (χ0v) is 18.0. The van der Waals surface area contributed by atoms with Crippen LogP contribution in [0.1, 0.15) is 17.3 Å². The van der Waals surface area contributed by atoms with E-state index >= 15 is 0 Å². The van der Waals surface area contributed by atoms with Gasteiger partial charge in [-0.3, -0.25) is 4.79 Å². The summed E-state index contributed by atoms with van der Waals surface area (Å²) in [5, 5.41) is 0. The van der Waals surface area contributed by atoms with E-state index in [-0.39, 0.29) is 42.5 Å². The molecule has 3 rings (SSSR count). The van der Waals surface area contributed by atoms with Crippen LogP contribution in [0.15, 0.2) is 58.3 Å². The lowest BCUT2D eigenvalue weighted by molar-refractivity contribution is -0.0435. The number of halogens is 3. The standard InChI is InChI=1S/C19H19F3N2O5S2/c1-14(25)15-6-8-16(9-7-15)31(28,29)24-12-10-23(11-13-24)17-4-2-3-5-18(17)30(26,27)19(20,21)22/h2-9H,10-13H2,1H3. The SMILES string of the molecule is CC(=O)c1ccc(S(=O)(=O)N2CCN(c3ccccc3S(=O)(=O)C(F)(F)F)CC2)cc1. The molecule has 0 N–H and O–H groups in total. The van der Waals surface area contributed by atoms with Gasteiger partial charge < -0.3 is 4.90 Å². The highest BCUT2D eigenvalue weighted by Gasteiger charge is 2.48. The molecule has 0 atom stereocenters. The number of Topliss-reactive ketones (excluding diaryl/α,β-unsaturated/α-hetero) is 1. The average Bonchev–Trinajstić information content (AvgIpc) is 2.73. The molecule has 31 heavy (non-hydrogen) atoms. The molecule has 1 heterocycles. The van der Waals surface area contributed by atoms with E-state index in [1.165, 1.54) is 58.6 Å². The Kier molecular flexibility index (Phi) is 6.18. The van der Waals surface area contributed by atoms with Gasteiger partial charge in [-0.15, -0.1) is 0 Å². The fraction of sp³-hybridized carbons (Fsp3) is 0.316. The number of sulfone groups is 1. The summed E-state index contributed by atoms with van der Waals surface area (Å²) >= 11 is 0. The van der Waals surface area contributed by atoms with Crippen LogP contribution in [0.2, 0.25) is 0 Å². The number of ketones is 1. The van der Waals surface area contributed by atoms with Gasteiger partial charge in [0.1, 0.15) is 0 Å². The van der Waals surface area contributed by atoms with Crippen molar-refractivity contribution >= 4 is 31.3 Å². The molecule has 0 saturated carbocycles. The summed E-state index contributed by atoms with van der Waals surface area (Å²) in [4.78, 5) is 11.9. The van der Waals surface area contributed by atoms with Crippen LogP contribution in [0.25, 0.3) is 0 Å². The van der Waals surface area contributed by atoms with Crippen LogP contribution in [-0.2, 0) is 19.9 Å². The van der Waals surface area contributed by atoms with Crippen molar-refractivity contribution in [1.29, 1.82) is 0 Å². The molecule has 0 unspecified atom stereocenters. The molecule has 0 bridgehead atoms. The first-order valence-electron chi connectivity index (χ1n) is 9.12. The molecule has 12 heteroatoms. The summed E-state index contributed by atoms with van der Waals surface area (Å²) in [6, 6.07) is 10.2. The molecule has 0 aromatic heterocycles. The summed E-state index contributed by atoms with van der Waals surface area (Å²) in [5.74, 6) is -0.204. The Morgan fingerprint density at radius 1 is 0.871 bits per heavy atom. The van der Waals surface area contributed by atoms with Gasteiger partial charge in [-0.1, -0.05) is 24.3 Å². The van der Waals surface area contributed by atoms with Gasteiger partial charge in [0.2, 0.25) is 10.0 Å². The van der Waals surface area contributed by atoms with Gasteiger partial charge in [0.25, 0.3) is 9.84 Å². The van der Waals surface area contributed by atoms with Crippen molar-refractivity contribution in [2.75, 3.05) is 31.1 Å². The monoisotopic (exact) mass is 476 g/mol. The topological polar surface area (TPSA) is 91.8 Å². The second kappa shape index (κ2) is 8.24. The number of carbonyl (C=O) groups is 1. The van der Waals surface area contributed by atoms with Crippen molar-refractivity contribution in [3.05, 3.63) is 54.1 Å². The molecule has 2 aromatic rings. The fourth-order valence-electron chi connectivity index (χ4n) is 3.25. The number of rotatable bonds is 5. The van der Waals surface area contributed by atoms with Gasteiger partial charge >= 0.3 is 5.51 Å². The van der Waals surface area contributed by atoms with E-state index in [9.17, 15) is 34.8 Å². The third-order valence-corrected chi connectivity index (χ3v) is 8.38. The highest BCUT2D eigenvalue weighted by Crippen LogP contribution is 2.36. The number of alkyl halides is 3. The fourth-order valence-corrected chi connectivity index (χ4v) is 5.65. The van der Waals surface area contributed by atoms with E-state index < -0.39 is 30.3 Å².